The second-order valence-corrected chi connectivity index (χ2v) is 15.1. The fraction of sp³-hybridized carbons (Fsp3) is 0.895. The SMILES string of the molecule is COCO[C@H](CC/C(C)=C/CC/C=C(\C)CC[C@@H](OCOC)[C@]1(C)CC[C@H](C(C)(C)OCOC)O1)[C@]1(C)CC[C@H](C(C)(C)OCOC)O1. The first-order valence-electron chi connectivity index (χ1n) is 17.8. The molecule has 0 amide bonds. The number of unbranched alkanes of at least 4 members (excludes halogenated alkanes) is 1. The second kappa shape index (κ2) is 20.8. The van der Waals surface area contributed by atoms with Crippen LogP contribution in [0.25, 0.3) is 0 Å². The highest BCUT2D eigenvalue weighted by Crippen LogP contribution is 2.42. The highest BCUT2D eigenvalue weighted by molar-refractivity contribution is 5.05. The molecular weight excluding hydrogens is 616 g/mol. The Morgan fingerprint density at radius 1 is 0.646 bits per heavy atom. The molecule has 0 aromatic heterocycles. The fourth-order valence-corrected chi connectivity index (χ4v) is 6.79. The van der Waals surface area contributed by atoms with Gasteiger partial charge in [-0.05, 0) is 120 Å². The molecule has 2 saturated heterocycles. The van der Waals surface area contributed by atoms with Gasteiger partial charge in [0.2, 0.25) is 0 Å². The third-order valence-electron chi connectivity index (χ3n) is 10.2. The molecule has 2 fully saturated rings. The normalized spacial score (nSPS) is 27.2. The number of allylic oxidation sites excluding steroid dienone is 4. The maximum absolute atomic E-state index is 6.64. The first-order valence-corrected chi connectivity index (χ1v) is 17.8. The zero-order chi connectivity index (χ0) is 35.8. The molecule has 0 radical (unpaired) electrons. The molecule has 282 valence electrons. The second-order valence-electron chi connectivity index (χ2n) is 15.1. The Balaban J connectivity index is 1.89. The van der Waals surface area contributed by atoms with Gasteiger partial charge in [0.1, 0.15) is 27.2 Å². The van der Waals surface area contributed by atoms with E-state index in [1.165, 1.54) is 11.1 Å². The smallest absolute Gasteiger partial charge is 0.147 e. The van der Waals surface area contributed by atoms with Crippen LogP contribution in [0, 0.1) is 0 Å². The van der Waals surface area contributed by atoms with Crippen molar-refractivity contribution in [3.05, 3.63) is 23.3 Å². The minimum absolute atomic E-state index is 0.0296. The zero-order valence-corrected chi connectivity index (χ0v) is 32.4. The van der Waals surface area contributed by atoms with Crippen molar-refractivity contribution in [2.75, 3.05) is 55.6 Å². The van der Waals surface area contributed by atoms with Gasteiger partial charge in [-0.3, -0.25) is 0 Å². The van der Waals surface area contributed by atoms with E-state index < -0.39 is 22.4 Å². The van der Waals surface area contributed by atoms with Crippen LogP contribution < -0.4 is 0 Å². The van der Waals surface area contributed by atoms with Crippen LogP contribution in [0.3, 0.4) is 0 Å². The van der Waals surface area contributed by atoms with Gasteiger partial charge in [0, 0.05) is 28.4 Å². The van der Waals surface area contributed by atoms with Crippen molar-refractivity contribution >= 4 is 0 Å². The van der Waals surface area contributed by atoms with Crippen molar-refractivity contribution in [3.8, 4) is 0 Å². The van der Waals surface area contributed by atoms with Crippen molar-refractivity contribution in [1.82, 2.24) is 0 Å². The van der Waals surface area contributed by atoms with E-state index in [0.29, 0.717) is 0 Å². The number of ether oxygens (including phenoxy) is 10. The topological polar surface area (TPSA) is 92.3 Å². The van der Waals surface area contributed by atoms with Crippen molar-refractivity contribution < 1.29 is 47.4 Å². The van der Waals surface area contributed by atoms with Crippen LogP contribution in [0.1, 0.15) is 120 Å². The summed E-state index contributed by atoms with van der Waals surface area (Å²) in [4.78, 5) is 0. The first kappa shape index (κ1) is 43.2. The predicted molar refractivity (Wildman–Crippen MR) is 188 cm³/mol. The Kier molecular flexibility index (Phi) is 18.7. The van der Waals surface area contributed by atoms with E-state index in [9.17, 15) is 0 Å². The van der Waals surface area contributed by atoms with Crippen LogP contribution in [0.5, 0.6) is 0 Å². The number of hydrogen-bond donors (Lipinski definition) is 0. The third-order valence-corrected chi connectivity index (χ3v) is 10.2. The lowest BCUT2D eigenvalue weighted by atomic mass is 9.89. The molecule has 2 heterocycles. The van der Waals surface area contributed by atoms with Crippen molar-refractivity contribution in [2.45, 2.75) is 166 Å². The molecule has 10 nitrogen and oxygen atoms in total. The summed E-state index contributed by atoms with van der Waals surface area (Å²) in [6.07, 6.45) is 13.7. The summed E-state index contributed by atoms with van der Waals surface area (Å²) in [5.74, 6) is 0. The van der Waals surface area contributed by atoms with Gasteiger partial charge in [0.15, 0.2) is 0 Å². The molecule has 0 aromatic carbocycles. The summed E-state index contributed by atoms with van der Waals surface area (Å²) in [7, 11) is 6.59. The lowest BCUT2D eigenvalue weighted by Crippen LogP contribution is -2.46. The Hall–Kier alpha value is -0.920. The van der Waals surface area contributed by atoms with Crippen LogP contribution in [0.4, 0.5) is 0 Å². The van der Waals surface area contributed by atoms with Gasteiger partial charge in [-0.25, -0.2) is 0 Å². The summed E-state index contributed by atoms with van der Waals surface area (Å²) in [6.45, 7) is 18.0. The summed E-state index contributed by atoms with van der Waals surface area (Å²) in [5.41, 5.74) is 1.02. The Morgan fingerprint density at radius 2 is 1.00 bits per heavy atom. The molecular formula is C38H70O10. The molecule has 6 atom stereocenters. The quantitative estimate of drug-likeness (QED) is 0.0537. The molecule has 2 rings (SSSR count). The standard InChI is InChI=1S/C38H70O10/c1-29(17-19-33(43-25-39-9)37(7)23-21-31(47-37)35(3,4)45-27-41-11)15-13-14-16-30(2)18-20-34(44-26-40-10)38(8)24-22-32(48-38)36(5,6)46-28-42-12/h15-16,31-34H,13-14,17-28H2,1-12H3/b29-15+,30-16+/t31-,32-,33-,34-,37+,38+/m1/s1. The number of rotatable bonds is 25. The fourth-order valence-electron chi connectivity index (χ4n) is 6.79. The Morgan fingerprint density at radius 3 is 1.33 bits per heavy atom. The molecule has 0 aliphatic carbocycles. The summed E-state index contributed by atoms with van der Waals surface area (Å²) in [5, 5.41) is 0. The minimum Gasteiger partial charge on any atom is -0.366 e. The van der Waals surface area contributed by atoms with Crippen molar-refractivity contribution in [2.24, 2.45) is 0 Å². The molecule has 0 bridgehead atoms. The highest BCUT2D eigenvalue weighted by Gasteiger charge is 2.49. The van der Waals surface area contributed by atoms with Crippen molar-refractivity contribution in [1.29, 1.82) is 0 Å². The van der Waals surface area contributed by atoms with Crippen molar-refractivity contribution in [3.63, 3.8) is 0 Å². The van der Waals surface area contributed by atoms with E-state index in [4.69, 9.17) is 47.4 Å². The molecule has 48 heavy (non-hydrogen) atoms. The van der Waals surface area contributed by atoms with E-state index in [2.05, 4.69) is 67.5 Å². The maximum Gasteiger partial charge on any atom is 0.147 e. The predicted octanol–water partition coefficient (Wildman–Crippen LogP) is 7.87. The summed E-state index contributed by atoms with van der Waals surface area (Å²) >= 11 is 0. The van der Waals surface area contributed by atoms with Crippen LogP contribution in [0.15, 0.2) is 23.3 Å². The van der Waals surface area contributed by atoms with Gasteiger partial charge in [-0.15, -0.1) is 0 Å². The Bertz CT molecular complexity index is 889. The number of methoxy groups -OCH3 is 4. The van der Waals surface area contributed by atoms with Gasteiger partial charge in [-0.1, -0.05) is 23.3 Å². The van der Waals surface area contributed by atoms with E-state index in [0.717, 1.165) is 64.2 Å². The minimum atomic E-state index is -0.444. The molecule has 0 unspecified atom stereocenters. The van der Waals surface area contributed by atoms with E-state index in [-0.39, 0.29) is 51.6 Å². The highest BCUT2D eigenvalue weighted by atomic mass is 16.7. The largest absolute Gasteiger partial charge is 0.366 e. The molecule has 2 aliphatic heterocycles. The average Bonchev–Trinajstić information content (AvgIpc) is 3.66. The van der Waals surface area contributed by atoms with Crippen LogP contribution >= 0.6 is 0 Å². The lowest BCUT2D eigenvalue weighted by molar-refractivity contribution is -0.212. The zero-order valence-electron chi connectivity index (χ0n) is 32.4. The third kappa shape index (κ3) is 13.7. The molecule has 0 N–H and O–H groups in total. The molecule has 2 aliphatic rings. The monoisotopic (exact) mass is 686 g/mol. The molecule has 10 heteroatoms. The molecule has 0 spiro atoms. The van der Waals surface area contributed by atoms with Crippen LogP contribution in [-0.4, -0.2) is 102 Å². The summed E-state index contributed by atoms with van der Waals surface area (Å²) < 4.78 is 58.4. The Labute approximate surface area is 292 Å². The van der Waals surface area contributed by atoms with E-state index in [1.807, 2.05) is 0 Å². The first-order chi connectivity index (χ1) is 22.7. The van der Waals surface area contributed by atoms with Gasteiger partial charge >= 0.3 is 0 Å². The van der Waals surface area contributed by atoms with Gasteiger partial charge in [0.05, 0.1) is 46.8 Å². The van der Waals surface area contributed by atoms with E-state index in [1.54, 1.807) is 28.4 Å². The van der Waals surface area contributed by atoms with Gasteiger partial charge in [0.25, 0.3) is 0 Å². The molecule has 0 aromatic rings. The summed E-state index contributed by atoms with van der Waals surface area (Å²) in [6, 6.07) is 0. The maximum atomic E-state index is 6.64. The van der Waals surface area contributed by atoms with Crippen LogP contribution in [-0.2, 0) is 47.4 Å². The van der Waals surface area contributed by atoms with Gasteiger partial charge in [-0.2, -0.15) is 0 Å². The van der Waals surface area contributed by atoms with Crippen LogP contribution in [0.2, 0.25) is 0 Å². The number of hydrogen-bond acceptors (Lipinski definition) is 10. The van der Waals surface area contributed by atoms with Gasteiger partial charge < -0.3 is 47.4 Å². The average molecular weight is 687 g/mol. The molecule has 0 saturated carbocycles. The lowest BCUT2D eigenvalue weighted by Gasteiger charge is -2.37. The van der Waals surface area contributed by atoms with E-state index >= 15 is 0 Å².